The molecule has 3 atom stereocenters. The number of carbonyl (C=O) groups excluding carboxylic acids is 2. The predicted molar refractivity (Wildman–Crippen MR) is 245 cm³/mol. The van der Waals surface area contributed by atoms with Gasteiger partial charge in [-0.25, -0.2) is 9.59 Å². The number of nitrogens with zero attached hydrogens (tertiary/aromatic N) is 2. The number of fused-ring (bicyclic) bond motifs is 2. The maximum absolute atomic E-state index is 14.4. The molecule has 14 heteroatoms. The van der Waals surface area contributed by atoms with Crippen molar-refractivity contribution in [2.75, 3.05) is 6.61 Å². The number of amides is 3. The summed E-state index contributed by atoms with van der Waals surface area (Å²) in [5.41, 5.74) is 6.25. The van der Waals surface area contributed by atoms with Gasteiger partial charge in [0, 0.05) is 36.8 Å². The quantitative estimate of drug-likeness (QED) is 0.103. The summed E-state index contributed by atoms with van der Waals surface area (Å²) in [5, 5.41) is 17.3. The number of carbonyl (C=O) groups is 3. The molecule has 1 aliphatic carbocycles. The lowest BCUT2D eigenvalue weighted by Crippen LogP contribution is -2.58. The lowest BCUT2D eigenvalue weighted by Gasteiger charge is -2.38. The van der Waals surface area contributed by atoms with Crippen LogP contribution in [0.1, 0.15) is 63.6 Å². The van der Waals surface area contributed by atoms with Crippen molar-refractivity contribution in [1.82, 2.24) is 20.5 Å². The van der Waals surface area contributed by atoms with Crippen molar-refractivity contribution in [3.63, 3.8) is 0 Å². The summed E-state index contributed by atoms with van der Waals surface area (Å²) < 4.78 is 24.8. The zero-order chi connectivity index (χ0) is 45.2. The third kappa shape index (κ3) is 9.69. The summed E-state index contributed by atoms with van der Waals surface area (Å²) in [6, 6.07) is 32.6. The van der Waals surface area contributed by atoms with E-state index in [1.807, 2.05) is 86.6 Å². The van der Waals surface area contributed by atoms with Gasteiger partial charge in [0.15, 0.2) is 17.6 Å². The number of halogens is 2. The molecule has 3 heterocycles. The Morgan fingerprint density at radius 1 is 0.862 bits per heavy atom. The van der Waals surface area contributed by atoms with Gasteiger partial charge in [0.2, 0.25) is 5.91 Å². The Kier molecular flexibility index (Phi) is 12.3. The largest absolute Gasteiger partial charge is 0.489 e. The number of hydrogen-bond acceptors (Lipinski definition) is 8. The number of carboxylic acid groups (broad SMARTS) is 1. The number of pyridine rings is 1. The average Bonchev–Trinajstić information content (AvgIpc) is 4.10. The standard InChI is InChI=1S/C51H46Cl2N4O8/c1-30-31(2)54-21-18-44(30)64-39-13-8-32(9-14-39)23-42(49(59)60)55-48(58)43-24-35-25-45-46(26-36(35)27-57(43)50(61)56-51(19-20-51)37-6-4-3-5-7-37)65-47(29-63-45)34-11-15-38(16-12-34)62-28-33-10-17-40(52)41(53)22-33/h3-18,21-22,25-26,42-43,47H,19-20,23-24,27-29H2,1-2H3,(H,55,58)(H,56,61)(H,59,60)/t42-,43-,47+/m0/s1. The third-order valence-electron chi connectivity index (χ3n) is 12.3. The summed E-state index contributed by atoms with van der Waals surface area (Å²) in [6.45, 7) is 4.48. The Labute approximate surface area is 386 Å². The Morgan fingerprint density at radius 3 is 2.31 bits per heavy atom. The van der Waals surface area contributed by atoms with Crippen molar-refractivity contribution in [2.24, 2.45) is 0 Å². The first-order valence-electron chi connectivity index (χ1n) is 21.4. The maximum atomic E-state index is 14.4. The normalized spacial score (nSPS) is 17.3. The van der Waals surface area contributed by atoms with Gasteiger partial charge in [-0.05, 0) is 115 Å². The van der Waals surface area contributed by atoms with E-state index in [1.165, 1.54) is 4.90 Å². The number of aliphatic carboxylic acids is 1. The fourth-order valence-corrected chi connectivity index (χ4v) is 8.55. The van der Waals surface area contributed by atoms with Crippen molar-refractivity contribution in [2.45, 2.75) is 76.4 Å². The SMILES string of the molecule is Cc1nccc(Oc2ccc(C[C@H](NC(=O)[C@@H]3Cc4cc5c(cc4CN3C(=O)NC3(c4ccccc4)CC3)O[C@@H](c3ccc(OCc4ccc(Cl)c(Cl)c4)cc3)CO5)C(=O)O)cc2)c1C. The number of benzene rings is 5. The Bertz CT molecular complexity index is 2750. The molecule has 0 saturated heterocycles. The molecule has 1 saturated carbocycles. The Balaban J connectivity index is 0.912. The van der Waals surface area contributed by atoms with Crippen LogP contribution in [0, 0.1) is 13.8 Å². The zero-order valence-corrected chi connectivity index (χ0v) is 37.2. The van der Waals surface area contributed by atoms with Gasteiger partial charge in [0.25, 0.3) is 0 Å². The molecule has 1 fully saturated rings. The van der Waals surface area contributed by atoms with Crippen LogP contribution in [0.25, 0.3) is 0 Å². The Hall–Kier alpha value is -6.76. The molecule has 9 rings (SSSR count). The fraction of sp³-hybridized carbons (Fsp3) is 0.255. The molecule has 3 amide bonds. The number of aryl methyl sites for hydroxylation is 1. The van der Waals surface area contributed by atoms with Crippen LogP contribution in [0.3, 0.4) is 0 Å². The number of nitrogens with one attached hydrogen (secondary N) is 2. The molecule has 6 aromatic rings. The monoisotopic (exact) mass is 912 g/mol. The number of aromatic nitrogens is 1. The van der Waals surface area contributed by atoms with E-state index in [-0.39, 0.29) is 26.0 Å². The molecule has 12 nitrogen and oxygen atoms in total. The first-order chi connectivity index (χ1) is 31.4. The number of urea groups is 1. The smallest absolute Gasteiger partial charge is 0.326 e. The lowest BCUT2D eigenvalue weighted by molar-refractivity contribution is -0.142. The summed E-state index contributed by atoms with van der Waals surface area (Å²) in [4.78, 5) is 47.2. The second-order valence-electron chi connectivity index (χ2n) is 16.7. The highest BCUT2D eigenvalue weighted by Gasteiger charge is 2.48. The molecule has 0 radical (unpaired) electrons. The average molecular weight is 914 g/mol. The first kappa shape index (κ1) is 43.5. The van der Waals surface area contributed by atoms with Crippen LogP contribution >= 0.6 is 23.2 Å². The molecule has 1 aromatic heterocycles. The highest BCUT2D eigenvalue weighted by molar-refractivity contribution is 6.42. The summed E-state index contributed by atoms with van der Waals surface area (Å²) in [5.74, 6) is 1.18. The van der Waals surface area contributed by atoms with Gasteiger partial charge in [-0.1, -0.05) is 83.9 Å². The number of rotatable bonds is 13. The third-order valence-corrected chi connectivity index (χ3v) is 13.0. The maximum Gasteiger partial charge on any atom is 0.326 e. The van der Waals surface area contributed by atoms with Gasteiger partial charge < -0.3 is 39.6 Å². The molecular formula is C51H46Cl2N4O8. The number of carboxylic acids is 1. The summed E-state index contributed by atoms with van der Waals surface area (Å²) >= 11 is 12.2. The van der Waals surface area contributed by atoms with Gasteiger partial charge in [0.05, 0.1) is 15.6 Å². The van der Waals surface area contributed by atoms with E-state index >= 15 is 0 Å². The predicted octanol–water partition coefficient (Wildman–Crippen LogP) is 9.83. The van der Waals surface area contributed by atoms with E-state index in [2.05, 4.69) is 15.6 Å². The lowest BCUT2D eigenvalue weighted by atomic mass is 9.92. The zero-order valence-electron chi connectivity index (χ0n) is 35.7. The van der Waals surface area contributed by atoms with Crippen molar-refractivity contribution < 1.29 is 38.4 Å². The van der Waals surface area contributed by atoms with Gasteiger partial charge in [0.1, 0.15) is 42.5 Å². The molecule has 3 N–H and O–H groups in total. The van der Waals surface area contributed by atoms with E-state index in [0.29, 0.717) is 51.0 Å². The molecular weight excluding hydrogens is 867 g/mol. The number of hydrogen-bond donors (Lipinski definition) is 3. The fourth-order valence-electron chi connectivity index (χ4n) is 8.23. The van der Waals surface area contributed by atoms with Crippen molar-refractivity contribution in [1.29, 1.82) is 0 Å². The first-order valence-corrected chi connectivity index (χ1v) is 22.2. The van der Waals surface area contributed by atoms with Crippen LogP contribution in [0.2, 0.25) is 10.0 Å². The van der Waals surface area contributed by atoms with Crippen LogP contribution < -0.4 is 29.6 Å². The van der Waals surface area contributed by atoms with Crippen molar-refractivity contribution >= 4 is 41.1 Å². The minimum atomic E-state index is -1.27. The molecule has 3 aliphatic rings. The molecule has 5 aromatic carbocycles. The van der Waals surface area contributed by atoms with Crippen LogP contribution in [0.15, 0.2) is 121 Å². The molecule has 332 valence electrons. The minimum absolute atomic E-state index is 0.00963. The van der Waals surface area contributed by atoms with Gasteiger partial charge in [-0.15, -0.1) is 0 Å². The van der Waals surface area contributed by atoms with Crippen LogP contribution in [-0.2, 0) is 41.1 Å². The van der Waals surface area contributed by atoms with E-state index in [1.54, 1.807) is 48.7 Å². The second kappa shape index (κ2) is 18.4. The molecule has 0 bridgehead atoms. The molecule has 0 unspecified atom stereocenters. The van der Waals surface area contributed by atoms with Crippen LogP contribution in [0.5, 0.6) is 28.7 Å². The van der Waals surface area contributed by atoms with Gasteiger partial charge in [-0.3, -0.25) is 9.78 Å². The second-order valence-corrected chi connectivity index (χ2v) is 17.5. The van der Waals surface area contributed by atoms with Gasteiger partial charge >= 0.3 is 12.0 Å². The van der Waals surface area contributed by atoms with E-state index in [9.17, 15) is 19.5 Å². The number of ether oxygens (including phenoxy) is 4. The van der Waals surface area contributed by atoms with E-state index in [4.69, 9.17) is 42.1 Å². The van der Waals surface area contributed by atoms with Crippen molar-refractivity contribution in [3.8, 4) is 28.7 Å². The van der Waals surface area contributed by atoms with E-state index in [0.717, 1.165) is 51.9 Å². The van der Waals surface area contributed by atoms with Crippen LogP contribution in [0.4, 0.5) is 4.79 Å². The highest BCUT2D eigenvalue weighted by atomic mass is 35.5. The summed E-state index contributed by atoms with van der Waals surface area (Å²) in [6.07, 6.45) is 2.90. The Morgan fingerprint density at radius 2 is 1.58 bits per heavy atom. The highest BCUT2D eigenvalue weighted by Crippen LogP contribution is 2.46. The van der Waals surface area contributed by atoms with Gasteiger partial charge in [-0.2, -0.15) is 0 Å². The van der Waals surface area contributed by atoms with Crippen molar-refractivity contribution in [3.05, 3.63) is 176 Å². The van der Waals surface area contributed by atoms with E-state index < -0.39 is 41.6 Å². The minimum Gasteiger partial charge on any atom is -0.489 e. The summed E-state index contributed by atoms with van der Waals surface area (Å²) in [7, 11) is 0. The topological polar surface area (TPSA) is 149 Å². The molecule has 2 aliphatic heterocycles. The molecule has 65 heavy (non-hydrogen) atoms. The van der Waals surface area contributed by atoms with Crippen LogP contribution in [-0.4, -0.2) is 51.6 Å². The molecule has 0 spiro atoms.